The van der Waals surface area contributed by atoms with Crippen LogP contribution in [0.25, 0.3) is 0 Å². The van der Waals surface area contributed by atoms with E-state index in [2.05, 4.69) is 0 Å². The standard InChI is InChI=1S/C12H18O4/c13-11(14)8-9-12(15)16-10-6-4-2-1-3-5-7-10/h8-10H,1-7H2,(H,13,14). The second-order valence-electron chi connectivity index (χ2n) is 4.08. The monoisotopic (exact) mass is 226 g/mol. The van der Waals surface area contributed by atoms with Gasteiger partial charge in [-0.3, -0.25) is 0 Å². The lowest BCUT2D eigenvalue weighted by Gasteiger charge is -2.19. The predicted octanol–water partition coefficient (Wildman–Crippen LogP) is 2.28. The molecule has 16 heavy (non-hydrogen) atoms. The van der Waals surface area contributed by atoms with Gasteiger partial charge in [0, 0.05) is 12.2 Å². The molecule has 1 N–H and O–H groups in total. The van der Waals surface area contributed by atoms with Crippen molar-refractivity contribution in [1.29, 1.82) is 0 Å². The Hall–Kier alpha value is -1.32. The minimum absolute atomic E-state index is 0.0359. The molecule has 0 saturated heterocycles. The number of rotatable bonds is 3. The van der Waals surface area contributed by atoms with Gasteiger partial charge < -0.3 is 9.84 Å². The van der Waals surface area contributed by atoms with Crippen LogP contribution in [0.1, 0.15) is 44.9 Å². The number of ether oxygens (including phenoxy) is 1. The van der Waals surface area contributed by atoms with E-state index in [0.29, 0.717) is 0 Å². The third kappa shape index (κ3) is 5.53. The number of carbonyl (C=O) groups excluding carboxylic acids is 1. The first-order chi connectivity index (χ1) is 7.68. The minimum atomic E-state index is -1.13. The molecule has 0 amide bonds. The van der Waals surface area contributed by atoms with Crippen molar-refractivity contribution in [3.05, 3.63) is 12.2 Å². The third-order valence-corrected chi connectivity index (χ3v) is 2.70. The quantitative estimate of drug-likeness (QED) is 0.592. The van der Waals surface area contributed by atoms with Crippen LogP contribution < -0.4 is 0 Å². The molecule has 0 heterocycles. The van der Waals surface area contributed by atoms with Crippen molar-refractivity contribution in [1.82, 2.24) is 0 Å². The van der Waals surface area contributed by atoms with Crippen molar-refractivity contribution in [3.63, 3.8) is 0 Å². The second kappa shape index (κ2) is 7.04. The van der Waals surface area contributed by atoms with E-state index in [1.54, 1.807) is 0 Å². The molecule has 4 nitrogen and oxygen atoms in total. The van der Waals surface area contributed by atoms with Crippen LogP contribution in [0.2, 0.25) is 0 Å². The highest BCUT2D eigenvalue weighted by molar-refractivity contribution is 5.90. The Kier molecular flexibility index (Phi) is 5.61. The normalized spacial score (nSPS) is 19.0. The van der Waals surface area contributed by atoms with Gasteiger partial charge in [-0.1, -0.05) is 19.3 Å². The predicted molar refractivity (Wildman–Crippen MR) is 59.0 cm³/mol. The number of carbonyl (C=O) groups is 2. The van der Waals surface area contributed by atoms with Crippen LogP contribution in [0.5, 0.6) is 0 Å². The molecule has 1 rings (SSSR count). The Bertz CT molecular complexity index is 262. The smallest absolute Gasteiger partial charge is 0.331 e. The highest BCUT2D eigenvalue weighted by atomic mass is 16.5. The topological polar surface area (TPSA) is 63.6 Å². The zero-order valence-electron chi connectivity index (χ0n) is 9.35. The Morgan fingerprint density at radius 1 is 1.00 bits per heavy atom. The fraction of sp³-hybridized carbons (Fsp3) is 0.667. The molecule has 0 aromatic carbocycles. The highest BCUT2D eigenvalue weighted by Crippen LogP contribution is 2.19. The molecule has 0 bridgehead atoms. The molecule has 1 fully saturated rings. The highest BCUT2D eigenvalue weighted by Gasteiger charge is 2.14. The maximum Gasteiger partial charge on any atom is 0.331 e. The van der Waals surface area contributed by atoms with Crippen LogP contribution >= 0.6 is 0 Å². The zero-order chi connectivity index (χ0) is 11.8. The molecule has 0 aromatic rings. The first-order valence-electron chi connectivity index (χ1n) is 5.80. The Labute approximate surface area is 95.3 Å². The molecular formula is C12H18O4. The van der Waals surface area contributed by atoms with Crippen molar-refractivity contribution >= 4 is 11.9 Å². The van der Waals surface area contributed by atoms with E-state index in [4.69, 9.17) is 9.84 Å². The number of carboxylic acids is 1. The maximum atomic E-state index is 11.2. The molecule has 1 saturated carbocycles. The molecule has 0 aliphatic heterocycles. The van der Waals surface area contributed by atoms with Crippen molar-refractivity contribution in [2.45, 2.75) is 51.0 Å². The molecule has 90 valence electrons. The van der Waals surface area contributed by atoms with Crippen molar-refractivity contribution in [2.24, 2.45) is 0 Å². The van der Waals surface area contributed by atoms with E-state index in [1.807, 2.05) is 0 Å². The average Bonchev–Trinajstić information content (AvgIpc) is 2.19. The summed E-state index contributed by atoms with van der Waals surface area (Å²) in [5.41, 5.74) is 0. The number of carboxylic acid groups (broad SMARTS) is 1. The lowest BCUT2D eigenvalue weighted by molar-refractivity contribution is -0.144. The van der Waals surface area contributed by atoms with Crippen LogP contribution in [-0.2, 0) is 14.3 Å². The molecule has 4 heteroatoms. The van der Waals surface area contributed by atoms with E-state index >= 15 is 0 Å². The minimum Gasteiger partial charge on any atom is -0.478 e. The summed E-state index contributed by atoms with van der Waals surface area (Å²) in [4.78, 5) is 21.4. The molecule has 0 radical (unpaired) electrons. The fourth-order valence-corrected chi connectivity index (χ4v) is 1.88. The molecule has 0 spiro atoms. The Balaban J connectivity index is 2.33. The van der Waals surface area contributed by atoms with Gasteiger partial charge in [0.15, 0.2) is 0 Å². The van der Waals surface area contributed by atoms with Crippen LogP contribution in [0.15, 0.2) is 12.2 Å². The average molecular weight is 226 g/mol. The SMILES string of the molecule is O=C(O)C=CC(=O)OC1CCCCCCC1. The Morgan fingerprint density at radius 3 is 2.12 bits per heavy atom. The summed E-state index contributed by atoms with van der Waals surface area (Å²) in [5, 5.41) is 8.36. The van der Waals surface area contributed by atoms with E-state index in [9.17, 15) is 9.59 Å². The molecule has 0 unspecified atom stereocenters. The number of esters is 1. The van der Waals surface area contributed by atoms with Gasteiger partial charge in [0.1, 0.15) is 6.10 Å². The molecule has 0 atom stereocenters. The van der Waals surface area contributed by atoms with Crippen molar-refractivity contribution in [3.8, 4) is 0 Å². The summed E-state index contributed by atoms with van der Waals surface area (Å²) in [5.74, 6) is -1.68. The fourth-order valence-electron chi connectivity index (χ4n) is 1.88. The van der Waals surface area contributed by atoms with Gasteiger partial charge in [0.05, 0.1) is 0 Å². The van der Waals surface area contributed by atoms with Crippen molar-refractivity contribution < 1.29 is 19.4 Å². The van der Waals surface area contributed by atoms with E-state index in [-0.39, 0.29) is 6.10 Å². The van der Waals surface area contributed by atoms with Crippen LogP contribution in [0.4, 0.5) is 0 Å². The summed E-state index contributed by atoms with van der Waals surface area (Å²) >= 11 is 0. The molecule has 1 aliphatic carbocycles. The van der Waals surface area contributed by atoms with Crippen molar-refractivity contribution in [2.75, 3.05) is 0 Å². The largest absolute Gasteiger partial charge is 0.478 e. The van der Waals surface area contributed by atoms with E-state index < -0.39 is 11.9 Å². The number of aliphatic carboxylic acids is 1. The van der Waals surface area contributed by atoms with Gasteiger partial charge in [-0.2, -0.15) is 0 Å². The number of hydrogen-bond donors (Lipinski definition) is 1. The maximum absolute atomic E-state index is 11.2. The van der Waals surface area contributed by atoms with Gasteiger partial charge in [-0.15, -0.1) is 0 Å². The van der Waals surface area contributed by atoms with E-state index in [0.717, 1.165) is 37.8 Å². The summed E-state index contributed by atoms with van der Waals surface area (Å²) < 4.78 is 5.19. The van der Waals surface area contributed by atoms with Crippen LogP contribution in [-0.4, -0.2) is 23.1 Å². The first kappa shape index (κ1) is 12.7. The second-order valence-corrected chi connectivity index (χ2v) is 4.08. The van der Waals surface area contributed by atoms with Gasteiger partial charge in [-0.25, -0.2) is 9.59 Å². The zero-order valence-corrected chi connectivity index (χ0v) is 9.35. The third-order valence-electron chi connectivity index (χ3n) is 2.70. The van der Waals surface area contributed by atoms with E-state index in [1.165, 1.54) is 19.3 Å². The molecule has 1 aliphatic rings. The van der Waals surface area contributed by atoms with Crippen LogP contribution in [0, 0.1) is 0 Å². The van der Waals surface area contributed by atoms with Gasteiger partial charge >= 0.3 is 11.9 Å². The van der Waals surface area contributed by atoms with Gasteiger partial charge in [0.2, 0.25) is 0 Å². The summed E-state index contributed by atoms with van der Waals surface area (Å²) in [6.07, 6.45) is 9.36. The molecule has 0 aromatic heterocycles. The van der Waals surface area contributed by atoms with Gasteiger partial charge in [0.25, 0.3) is 0 Å². The lowest BCUT2D eigenvalue weighted by Crippen LogP contribution is -2.18. The summed E-state index contributed by atoms with van der Waals surface area (Å²) in [6.45, 7) is 0. The van der Waals surface area contributed by atoms with Crippen LogP contribution in [0.3, 0.4) is 0 Å². The Morgan fingerprint density at radius 2 is 1.56 bits per heavy atom. The summed E-state index contributed by atoms with van der Waals surface area (Å²) in [7, 11) is 0. The summed E-state index contributed by atoms with van der Waals surface area (Å²) in [6, 6.07) is 0. The van der Waals surface area contributed by atoms with Gasteiger partial charge in [-0.05, 0) is 25.7 Å². The molecular weight excluding hydrogens is 208 g/mol. The lowest BCUT2D eigenvalue weighted by atomic mass is 9.99. The number of hydrogen-bond acceptors (Lipinski definition) is 3. The first-order valence-corrected chi connectivity index (χ1v) is 5.80.